The molecular formula is C28H28N4O5S2. The number of aromatic nitrogens is 2. The molecule has 2 N–H and O–H groups in total. The number of nitrogens with one attached hydrogen (secondary N) is 1. The van der Waals surface area contributed by atoms with E-state index in [1.165, 1.54) is 37.1 Å². The third kappa shape index (κ3) is 5.50. The van der Waals surface area contributed by atoms with E-state index in [4.69, 9.17) is 14.5 Å². The van der Waals surface area contributed by atoms with E-state index in [0.29, 0.717) is 21.8 Å². The fourth-order valence-electron chi connectivity index (χ4n) is 4.53. The van der Waals surface area contributed by atoms with Crippen molar-refractivity contribution in [3.63, 3.8) is 0 Å². The molecule has 2 aromatic heterocycles. The first-order valence-corrected chi connectivity index (χ1v) is 14.2. The molecule has 39 heavy (non-hydrogen) atoms. The van der Waals surface area contributed by atoms with Gasteiger partial charge in [-0.3, -0.25) is 14.2 Å². The lowest BCUT2D eigenvalue weighted by atomic mass is 9.97. The van der Waals surface area contributed by atoms with Crippen LogP contribution in [0.15, 0.2) is 51.5 Å². The van der Waals surface area contributed by atoms with E-state index in [0.717, 1.165) is 41.6 Å². The Hall–Kier alpha value is -3.83. The van der Waals surface area contributed by atoms with E-state index < -0.39 is 0 Å². The molecule has 0 saturated carbocycles. The number of phenols is 1. The summed E-state index contributed by atoms with van der Waals surface area (Å²) in [5.41, 5.74) is 5.90. The lowest BCUT2D eigenvalue weighted by molar-refractivity contribution is -0.118. The Morgan fingerprint density at radius 2 is 1.87 bits per heavy atom. The molecule has 0 unspecified atom stereocenters. The van der Waals surface area contributed by atoms with Gasteiger partial charge in [-0.25, -0.2) is 10.4 Å². The second-order valence-corrected chi connectivity index (χ2v) is 11.1. The maximum absolute atomic E-state index is 13.8. The van der Waals surface area contributed by atoms with Gasteiger partial charge in [-0.2, -0.15) is 5.10 Å². The number of rotatable bonds is 8. The largest absolute Gasteiger partial charge is 0.502 e. The number of phenolic OH excluding ortho intramolecular Hbond substituents is 1. The molecule has 0 bridgehead atoms. The minimum atomic E-state index is -0.357. The van der Waals surface area contributed by atoms with Gasteiger partial charge in [-0.1, -0.05) is 29.5 Å². The Morgan fingerprint density at radius 3 is 2.56 bits per heavy atom. The number of hydrazone groups is 1. The molecule has 0 saturated heterocycles. The summed E-state index contributed by atoms with van der Waals surface area (Å²) in [7, 11) is 2.86. The summed E-state index contributed by atoms with van der Waals surface area (Å²) >= 11 is 2.78. The molecule has 0 radical (unpaired) electrons. The minimum Gasteiger partial charge on any atom is -0.502 e. The smallest absolute Gasteiger partial charge is 0.267 e. The number of aryl methyl sites for hydroxylation is 3. The average molecular weight is 565 g/mol. The lowest BCUT2D eigenvalue weighted by Gasteiger charge is -2.13. The van der Waals surface area contributed by atoms with Crippen LogP contribution in [0, 0.1) is 6.92 Å². The van der Waals surface area contributed by atoms with Gasteiger partial charge in [0, 0.05) is 10.4 Å². The Morgan fingerprint density at radius 1 is 1.18 bits per heavy atom. The van der Waals surface area contributed by atoms with Crippen LogP contribution in [0.5, 0.6) is 17.2 Å². The summed E-state index contributed by atoms with van der Waals surface area (Å²) < 4.78 is 11.9. The molecule has 9 nitrogen and oxygen atoms in total. The van der Waals surface area contributed by atoms with Crippen molar-refractivity contribution in [3.8, 4) is 22.9 Å². The first-order valence-electron chi connectivity index (χ1n) is 12.4. The van der Waals surface area contributed by atoms with Crippen LogP contribution in [0.25, 0.3) is 15.9 Å². The SMILES string of the molecule is COc1cc(/C=N/NC(=O)CSc2nc3sc4c(c3c(=O)n2-c2ccc(C)cc2)CCCC4)cc(OC)c1O. The Bertz CT molecular complexity index is 1600. The Balaban J connectivity index is 1.39. The van der Waals surface area contributed by atoms with Crippen molar-refractivity contribution in [2.45, 2.75) is 37.8 Å². The van der Waals surface area contributed by atoms with Crippen molar-refractivity contribution in [1.82, 2.24) is 15.0 Å². The summed E-state index contributed by atoms with van der Waals surface area (Å²) in [6.07, 6.45) is 5.49. The highest BCUT2D eigenvalue weighted by Gasteiger charge is 2.23. The van der Waals surface area contributed by atoms with Gasteiger partial charge in [0.1, 0.15) is 4.83 Å². The van der Waals surface area contributed by atoms with Gasteiger partial charge in [-0.15, -0.1) is 11.3 Å². The first-order chi connectivity index (χ1) is 18.9. The Kier molecular flexibility index (Phi) is 7.89. The predicted molar refractivity (Wildman–Crippen MR) is 154 cm³/mol. The number of hydrogen-bond acceptors (Lipinski definition) is 9. The number of aromatic hydroxyl groups is 1. The van der Waals surface area contributed by atoms with Crippen LogP contribution >= 0.6 is 23.1 Å². The molecule has 1 aliphatic carbocycles. The molecule has 1 amide bonds. The number of benzene rings is 2. The predicted octanol–water partition coefficient (Wildman–Crippen LogP) is 4.60. The van der Waals surface area contributed by atoms with E-state index in [1.54, 1.807) is 28.0 Å². The standard InChI is InChI=1S/C28H28N4O5S2/c1-16-8-10-18(11-9-16)32-27(35)24-19-6-4-5-7-22(19)39-26(24)30-28(32)38-15-23(33)31-29-14-17-12-20(36-2)25(34)21(13-17)37-3/h8-14,34H,4-7,15H2,1-3H3,(H,31,33)/b29-14+. The number of amides is 1. The number of thioether (sulfide) groups is 1. The van der Waals surface area contributed by atoms with Gasteiger partial charge in [0.05, 0.1) is 37.3 Å². The van der Waals surface area contributed by atoms with Crippen LogP contribution in [0.3, 0.4) is 0 Å². The number of methoxy groups -OCH3 is 2. The van der Waals surface area contributed by atoms with E-state index in [9.17, 15) is 14.7 Å². The lowest BCUT2D eigenvalue weighted by Crippen LogP contribution is -2.24. The number of ether oxygens (including phenoxy) is 2. The van der Waals surface area contributed by atoms with Gasteiger partial charge in [0.2, 0.25) is 5.75 Å². The van der Waals surface area contributed by atoms with Crippen LogP contribution in [0.4, 0.5) is 0 Å². The van der Waals surface area contributed by atoms with E-state index in [2.05, 4.69) is 10.5 Å². The molecule has 11 heteroatoms. The molecule has 0 atom stereocenters. The third-order valence-corrected chi connectivity index (χ3v) is 8.61. The maximum atomic E-state index is 13.8. The Labute approximate surface area is 233 Å². The van der Waals surface area contributed by atoms with Crippen LogP contribution in [0.1, 0.15) is 34.4 Å². The summed E-state index contributed by atoms with van der Waals surface area (Å²) in [5.74, 6) is -0.0152. The summed E-state index contributed by atoms with van der Waals surface area (Å²) in [6.45, 7) is 1.99. The quantitative estimate of drug-likeness (QED) is 0.139. The van der Waals surface area contributed by atoms with Crippen molar-refractivity contribution in [3.05, 3.63) is 68.3 Å². The number of carbonyl (C=O) groups is 1. The molecule has 202 valence electrons. The average Bonchev–Trinajstić information content (AvgIpc) is 3.32. The number of fused-ring (bicyclic) bond motifs is 3. The van der Waals surface area contributed by atoms with E-state index in [1.807, 2.05) is 31.2 Å². The molecule has 2 aromatic carbocycles. The molecular weight excluding hydrogens is 536 g/mol. The highest BCUT2D eigenvalue weighted by molar-refractivity contribution is 7.99. The summed E-state index contributed by atoms with van der Waals surface area (Å²) in [4.78, 5) is 33.3. The number of thiophene rings is 1. The summed E-state index contributed by atoms with van der Waals surface area (Å²) in [5, 5.41) is 15.2. The normalized spacial score (nSPS) is 13.0. The highest BCUT2D eigenvalue weighted by Crippen LogP contribution is 2.37. The van der Waals surface area contributed by atoms with Crippen LogP contribution in [-0.4, -0.2) is 46.8 Å². The zero-order valence-electron chi connectivity index (χ0n) is 21.8. The van der Waals surface area contributed by atoms with E-state index in [-0.39, 0.29) is 34.5 Å². The van der Waals surface area contributed by atoms with Crippen molar-refractivity contribution >= 4 is 45.4 Å². The zero-order valence-corrected chi connectivity index (χ0v) is 23.4. The van der Waals surface area contributed by atoms with Crippen molar-refractivity contribution in [1.29, 1.82) is 0 Å². The van der Waals surface area contributed by atoms with Crippen molar-refractivity contribution in [2.24, 2.45) is 5.10 Å². The second-order valence-electron chi connectivity index (χ2n) is 9.12. The van der Waals surface area contributed by atoms with Gasteiger partial charge in [0.25, 0.3) is 11.5 Å². The molecule has 0 fully saturated rings. The van der Waals surface area contributed by atoms with Crippen LogP contribution < -0.4 is 20.5 Å². The fourth-order valence-corrected chi connectivity index (χ4v) is 6.64. The number of nitrogens with zero attached hydrogens (tertiary/aromatic N) is 3. The molecule has 0 spiro atoms. The van der Waals surface area contributed by atoms with E-state index >= 15 is 0 Å². The minimum absolute atomic E-state index is 0.00839. The zero-order chi connectivity index (χ0) is 27.5. The van der Waals surface area contributed by atoms with Crippen molar-refractivity contribution in [2.75, 3.05) is 20.0 Å². The topological polar surface area (TPSA) is 115 Å². The van der Waals surface area contributed by atoms with Gasteiger partial charge in [-0.05, 0) is 62.4 Å². The second kappa shape index (κ2) is 11.5. The molecule has 4 aromatic rings. The molecule has 5 rings (SSSR count). The highest BCUT2D eigenvalue weighted by atomic mass is 32.2. The molecule has 0 aliphatic heterocycles. The van der Waals surface area contributed by atoms with Gasteiger partial charge < -0.3 is 14.6 Å². The first kappa shape index (κ1) is 26.8. The van der Waals surface area contributed by atoms with Crippen LogP contribution in [0.2, 0.25) is 0 Å². The van der Waals surface area contributed by atoms with Crippen LogP contribution in [-0.2, 0) is 17.6 Å². The van der Waals surface area contributed by atoms with Crippen molar-refractivity contribution < 1.29 is 19.4 Å². The number of hydrogen-bond donors (Lipinski definition) is 2. The molecule has 1 aliphatic rings. The maximum Gasteiger partial charge on any atom is 0.267 e. The number of carbonyl (C=O) groups excluding carboxylic acids is 1. The van der Waals surface area contributed by atoms with Gasteiger partial charge in [0.15, 0.2) is 16.7 Å². The fraction of sp³-hybridized carbons (Fsp3) is 0.286. The van der Waals surface area contributed by atoms with Gasteiger partial charge >= 0.3 is 0 Å². The summed E-state index contributed by atoms with van der Waals surface area (Å²) in [6, 6.07) is 10.9. The third-order valence-electron chi connectivity index (χ3n) is 6.49. The monoisotopic (exact) mass is 564 g/mol. The molecule has 2 heterocycles.